The molecule has 0 saturated carbocycles. The number of carbonyl (C=O) groups is 2. The molecule has 23 heavy (non-hydrogen) atoms. The summed E-state index contributed by atoms with van der Waals surface area (Å²) in [5, 5.41) is 3.00. The van der Waals surface area contributed by atoms with Gasteiger partial charge in [-0.3, -0.25) is 4.79 Å². The van der Waals surface area contributed by atoms with Gasteiger partial charge in [0.1, 0.15) is 0 Å². The van der Waals surface area contributed by atoms with Gasteiger partial charge in [0.2, 0.25) is 0 Å². The van der Waals surface area contributed by atoms with E-state index in [0.717, 1.165) is 11.1 Å². The van der Waals surface area contributed by atoms with Crippen LogP contribution in [0.3, 0.4) is 0 Å². The van der Waals surface area contributed by atoms with E-state index in [2.05, 4.69) is 21.2 Å². The van der Waals surface area contributed by atoms with E-state index >= 15 is 0 Å². The van der Waals surface area contributed by atoms with Crippen molar-refractivity contribution in [3.8, 4) is 0 Å². The third-order valence-electron chi connectivity index (χ3n) is 3.15. The van der Waals surface area contributed by atoms with Gasteiger partial charge in [-0.2, -0.15) is 0 Å². The predicted octanol–water partition coefficient (Wildman–Crippen LogP) is 4.51. The standard InChI is InChI=1S/C17H15BrClNO3/c1-10-3-4-11(2)15(7-10)20-16(21)9-23-17(22)13-8-12(18)5-6-14(13)19/h3-8H,9H2,1-2H3,(H,20,21). The fourth-order valence-corrected chi connectivity index (χ4v) is 2.48. The number of rotatable bonds is 4. The zero-order valence-corrected chi connectivity index (χ0v) is 15.0. The predicted molar refractivity (Wildman–Crippen MR) is 94.0 cm³/mol. The highest BCUT2D eigenvalue weighted by atomic mass is 79.9. The van der Waals surface area contributed by atoms with E-state index in [1.165, 1.54) is 0 Å². The molecule has 2 aromatic rings. The van der Waals surface area contributed by atoms with E-state index in [4.69, 9.17) is 16.3 Å². The fourth-order valence-electron chi connectivity index (χ4n) is 1.92. The zero-order valence-electron chi connectivity index (χ0n) is 12.7. The van der Waals surface area contributed by atoms with Gasteiger partial charge in [-0.1, -0.05) is 39.7 Å². The topological polar surface area (TPSA) is 55.4 Å². The number of ether oxygens (including phenoxy) is 1. The van der Waals surface area contributed by atoms with E-state index in [9.17, 15) is 9.59 Å². The molecule has 0 atom stereocenters. The number of benzene rings is 2. The van der Waals surface area contributed by atoms with Gasteiger partial charge in [-0.25, -0.2) is 4.79 Å². The Hall–Kier alpha value is -1.85. The van der Waals surface area contributed by atoms with Crippen molar-refractivity contribution in [2.24, 2.45) is 0 Å². The first-order valence-corrected chi connectivity index (χ1v) is 8.03. The maximum absolute atomic E-state index is 12.0. The van der Waals surface area contributed by atoms with E-state index < -0.39 is 11.9 Å². The third-order valence-corrected chi connectivity index (χ3v) is 3.97. The summed E-state index contributed by atoms with van der Waals surface area (Å²) in [6.07, 6.45) is 0. The number of amides is 1. The highest BCUT2D eigenvalue weighted by Gasteiger charge is 2.14. The van der Waals surface area contributed by atoms with Crippen molar-refractivity contribution in [3.05, 3.63) is 62.6 Å². The van der Waals surface area contributed by atoms with Crippen LogP contribution in [0.25, 0.3) is 0 Å². The second-order valence-corrected chi connectivity index (χ2v) is 6.39. The molecule has 0 aliphatic heterocycles. The summed E-state index contributed by atoms with van der Waals surface area (Å²) in [5.41, 5.74) is 2.88. The van der Waals surface area contributed by atoms with Crippen LogP contribution in [0, 0.1) is 13.8 Å². The number of nitrogens with one attached hydrogen (secondary N) is 1. The lowest BCUT2D eigenvalue weighted by Crippen LogP contribution is -2.21. The van der Waals surface area contributed by atoms with Crippen LogP contribution in [0.4, 0.5) is 5.69 Å². The Balaban J connectivity index is 1.97. The molecule has 0 bridgehead atoms. The maximum Gasteiger partial charge on any atom is 0.340 e. The highest BCUT2D eigenvalue weighted by Crippen LogP contribution is 2.22. The summed E-state index contributed by atoms with van der Waals surface area (Å²) >= 11 is 9.21. The number of anilines is 1. The lowest BCUT2D eigenvalue weighted by atomic mass is 10.1. The summed E-state index contributed by atoms with van der Waals surface area (Å²) in [5.74, 6) is -1.05. The summed E-state index contributed by atoms with van der Waals surface area (Å²) in [7, 11) is 0. The Labute approximate surface area is 147 Å². The molecule has 0 radical (unpaired) electrons. The first-order chi connectivity index (χ1) is 10.9. The molecule has 0 heterocycles. The summed E-state index contributed by atoms with van der Waals surface area (Å²) in [6, 6.07) is 10.6. The second-order valence-electron chi connectivity index (χ2n) is 5.07. The Bertz CT molecular complexity index is 761. The number of hydrogen-bond acceptors (Lipinski definition) is 3. The molecule has 2 rings (SSSR count). The van der Waals surface area contributed by atoms with Crippen LogP contribution in [0.1, 0.15) is 21.5 Å². The number of aryl methyl sites for hydroxylation is 2. The Morgan fingerprint density at radius 2 is 1.91 bits per heavy atom. The minimum atomic E-state index is -0.646. The van der Waals surface area contributed by atoms with Crippen molar-refractivity contribution >= 4 is 45.1 Å². The summed E-state index contributed by atoms with van der Waals surface area (Å²) in [6.45, 7) is 3.45. The van der Waals surface area contributed by atoms with E-state index in [-0.39, 0.29) is 17.2 Å². The van der Waals surface area contributed by atoms with Gasteiger partial charge in [0.15, 0.2) is 6.61 Å². The number of hydrogen-bond donors (Lipinski definition) is 1. The Morgan fingerprint density at radius 1 is 1.17 bits per heavy atom. The molecule has 0 aliphatic rings. The first-order valence-electron chi connectivity index (χ1n) is 6.86. The van der Waals surface area contributed by atoms with E-state index in [0.29, 0.717) is 10.2 Å². The minimum absolute atomic E-state index is 0.209. The average Bonchev–Trinajstić information content (AvgIpc) is 2.51. The van der Waals surface area contributed by atoms with Crippen LogP contribution < -0.4 is 5.32 Å². The van der Waals surface area contributed by atoms with Crippen molar-refractivity contribution in [1.29, 1.82) is 0 Å². The molecule has 1 amide bonds. The van der Waals surface area contributed by atoms with Gasteiger partial charge < -0.3 is 10.1 Å². The van der Waals surface area contributed by atoms with Gasteiger partial charge in [-0.15, -0.1) is 0 Å². The summed E-state index contributed by atoms with van der Waals surface area (Å²) < 4.78 is 5.71. The zero-order chi connectivity index (χ0) is 17.0. The SMILES string of the molecule is Cc1ccc(C)c(NC(=O)COC(=O)c2cc(Br)ccc2Cl)c1. The lowest BCUT2D eigenvalue weighted by Gasteiger charge is -2.10. The fraction of sp³-hybridized carbons (Fsp3) is 0.176. The van der Waals surface area contributed by atoms with Gasteiger partial charge in [-0.05, 0) is 49.2 Å². The molecule has 0 saturated heterocycles. The molecular formula is C17H15BrClNO3. The van der Waals surface area contributed by atoms with Crippen molar-refractivity contribution in [2.45, 2.75) is 13.8 Å². The smallest absolute Gasteiger partial charge is 0.340 e. The van der Waals surface area contributed by atoms with E-state index in [1.807, 2.05) is 32.0 Å². The number of esters is 1. The van der Waals surface area contributed by atoms with Crippen molar-refractivity contribution < 1.29 is 14.3 Å². The van der Waals surface area contributed by atoms with Gasteiger partial charge in [0.25, 0.3) is 5.91 Å². The molecule has 2 aromatic carbocycles. The van der Waals surface area contributed by atoms with Crippen molar-refractivity contribution in [1.82, 2.24) is 0 Å². The Kier molecular flexibility index (Phi) is 5.80. The van der Waals surface area contributed by atoms with E-state index in [1.54, 1.807) is 18.2 Å². The molecule has 4 nitrogen and oxygen atoms in total. The largest absolute Gasteiger partial charge is 0.452 e. The van der Waals surface area contributed by atoms with Gasteiger partial charge >= 0.3 is 5.97 Å². The lowest BCUT2D eigenvalue weighted by molar-refractivity contribution is -0.119. The molecule has 6 heteroatoms. The van der Waals surface area contributed by atoms with Gasteiger partial charge in [0.05, 0.1) is 10.6 Å². The van der Waals surface area contributed by atoms with Crippen LogP contribution in [0.2, 0.25) is 5.02 Å². The molecule has 120 valence electrons. The number of carbonyl (C=O) groups excluding carboxylic acids is 2. The average molecular weight is 397 g/mol. The van der Waals surface area contributed by atoms with Gasteiger partial charge in [0, 0.05) is 10.2 Å². The first kappa shape index (κ1) is 17.5. The van der Waals surface area contributed by atoms with Crippen LogP contribution >= 0.6 is 27.5 Å². The second kappa shape index (κ2) is 7.62. The highest BCUT2D eigenvalue weighted by molar-refractivity contribution is 9.10. The normalized spacial score (nSPS) is 10.3. The summed E-state index contributed by atoms with van der Waals surface area (Å²) in [4.78, 5) is 23.9. The Morgan fingerprint density at radius 3 is 2.65 bits per heavy atom. The van der Waals surface area contributed by atoms with Crippen molar-refractivity contribution in [2.75, 3.05) is 11.9 Å². The number of halogens is 2. The minimum Gasteiger partial charge on any atom is -0.452 e. The molecule has 0 spiro atoms. The van der Waals surface area contributed by atoms with Crippen LogP contribution in [-0.4, -0.2) is 18.5 Å². The maximum atomic E-state index is 12.0. The van der Waals surface area contributed by atoms with Crippen molar-refractivity contribution in [3.63, 3.8) is 0 Å². The van der Waals surface area contributed by atoms with Crippen LogP contribution in [-0.2, 0) is 9.53 Å². The third kappa shape index (κ3) is 4.81. The van der Waals surface area contributed by atoms with Crippen LogP contribution in [0.15, 0.2) is 40.9 Å². The molecule has 0 fully saturated rings. The molecular weight excluding hydrogens is 382 g/mol. The van der Waals surface area contributed by atoms with Crippen LogP contribution in [0.5, 0.6) is 0 Å². The molecule has 1 N–H and O–H groups in total. The monoisotopic (exact) mass is 395 g/mol. The molecule has 0 aromatic heterocycles. The quantitative estimate of drug-likeness (QED) is 0.773. The molecule has 0 aliphatic carbocycles. The molecule has 0 unspecified atom stereocenters.